The van der Waals surface area contributed by atoms with E-state index >= 15 is 0 Å². The molecule has 26 heavy (non-hydrogen) atoms. The Morgan fingerprint density at radius 2 is 1.92 bits per heavy atom. The molecule has 1 atom stereocenters. The molecule has 1 aromatic carbocycles. The number of amides is 1. The molecule has 0 bridgehead atoms. The quantitative estimate of drug-likeness (QED) is 0.644. The van der Waals surface area contributed by atoms with E-state index in [0.717, 1.165) is 28.4 Å². The summed E-state index contributed by atoms with van der Waals surface area (Å²) in [5.41, 5.74) is 2.04. The summed E-state index contributed by atoms with van der Waals surface area (Å²) in [7, 11) is 1.80. The Morgan fingerprint density at radius 1 is 1.19 bits per heavy atom. The van der Waals surface area contributed by atoms with E-state index in [1.165, 1.54) is 0 Å². The molecular formula is C21H23BrN2O2. The SMILES string of the molecule is CN(Cc1cccnc1)C(=O)CC(CC(=O)C1CC1)c1ccc(Br)cc1. The Labute approximate surface area is 162 Å². The molecule has 1 unspecified atom stereocenters. The predicted molar refractivity (Wildman–Crippen MR) is 105 cm³/mol. The summed E-state index contributed by atoms with van der Waals surface area (Å²) >= 11 is 3.44. The van der Waals surface area contributed by atoms with E-state index in [0.29, 0.717) is 25.2 Å². The second-order valence-electron chi connectivity index (χ2n) is 7.01. The highest BCUT2D eigenvalue weighted by molar-refractivity contribution is 9.10. The summed E-state index contributed by atoms with van der Waals surface area (Å²) in [5, 5.41) is 0. The van der Waals surface area contributed by atoms with Crippen LogP contribution in [0, 0.1) is 5.92 Å². The van der Waals surface area contributed by atoms with Gasteiger partial charge in [0.1, 0.15) is 5.78 Å². The molecule has 0 saturated heterocycles. The number of hydrogen-bond donors (Lipinski definition) is 0. The van der Waals surface area contributed by atoms with Gasteiger partial charge < -0.3 is 4.90 Å². The van der Waals surface area contributed by atoms with Gasteiger partial charge in [-0.2, -0.15) is 0 Å². The van der Waals surface area contributed by atoms with Gasteiger partial charge in [0.2, 0.25) is 5.91 Å². The molecule has 3 rings (SSSR count). The zero-order valence-corrected chi connectivity index (χ0v) is 16.5. The van der Waals surface area contributed by atoms with E-state index in [-0.39, 0.29) is 17.7 Å². The van der Waals surface area contributed by atoms with Crippen LogP contribution in [-0.2, 0) is 16.1 Å². The highest BCUT2D eigenvalue weighted by Crippen LogP contribution is 2.35. The summed E-state index contributed by atoms with van der Waals surface area (Å²) in [4.78, 5) is 30.9. The number of benzene rings is 1. The first kappa shape index (κ1) is 18.8. The number of ketones is 1. The second kappa shape index (κ2) is 8.58. The van der Waals surface area contributed by atoms with Gasteiger partial charge in [-0.1, -0.05) is 34.1 Å². The zero-order chi connectivity index (χ0) is 18.5. The third kappa shape index (κ3) is 5.24. The van der Waals surface area contributed by atoms with E-state index in [1.54, 1.807) is 24.3 Å². The molecule has 1 aromatic heterocycles. The minimum absolute atomic E-state index is 0.0466. The van der Waals surface area contributed by atoms with Crippen LogP contribution >= 0.6 is 15.9 Å². The summed E-state index contributed by atoms with van der Waals surface area (Å²) < 4.78 is 0.994. The van der Waals surface area contributed by atoms with Crippen LogP contribution in [-0.4, -0.2) is 28.6 Å². The fourth-order valence-electron chi connectivity index (χ4n) is 3.08. The van der Waals surface area contributed by atoms with E-state index < -0.39 is 0 Å². The van der Waals surface area contributed by atoms with Crippen LogP contribution in [0.2, 0.25) is 0 Å². The van der Waals surface area contributed by atoms with Gasteiger partial charge in [0.15, 0.2) is 0 Å². The molecule has 1 aliphatic rings. The Balaban J connectivity index is 1.68. The Hall–Kier alpha value is -2.01. The average Bonchev–Trinajstić information content (AvgIpc) is 3.48. The van der Waals surface area contributed by atoms with Crippen molar-refractivity contribution in [3.8, 4) is 0 Å². The molecule has 0 aliphatic heterocycles. The largest absolute Gasteiger partial charge is 0.341 e. The van der Waals surface area contributed by atoms with Crippen LogP contribution in [0.5, 0.6) is 0 Å². The third-order valence-corrected chi connectivity index (χ3v) is 5.34. The minimum atomic E-state index is -0.0694. The van der Waals surface area contributed by atoms with Gasteiger partial charge >= 0.3 is 0 Å². The number of halogens is 1. The molecule has 5 heteroatoms. The topological polar surface area (TPSA) is 50.3 Å². The lowest BCUT2D eigenvalue weighted by molar-refractivity contribution is -0.131. The van der Waals surface area contributed by atoms with Gasteiger partial charge in [-0.3, -0.25) is 14.6 Å². The van der Waals surface area contributed by atoms with Crippen LogP contribution in [0.15, 0.2) is 53.3 Å². The van der Waals surface area contributed by atoms with E-state index in [2.05, 4.69) is 20.9 Å². The Morgan fingerprint density at radius 3 is 2.54 bits per heavy atom. The van der Waals surface area contributed by atoms with Crippen molar-refractivity contribution in [1.29, 1.82) is 0 Å². The number of nitrogens with zero attached hydrogens (tertiary/aromatic N) is 2. The van der Waals surface area contributed by atoms with Gasteiger partial charge in [-0.05, 0) is 48.1 Å². The molecule has 0 spiro atoms. The number of Topliss-reactive ketones (excluding diaryl/α,β-unsaturated/α-hetero) is 1. The first-order valence-corrected chi connectivity index (χ1v) is 9.73. The van der Waals surface area contributed by atoms with Gasteiger partial charge in [0.25, 0.3) is 0 Å². The van der Waals surface area contributed by atoms with Crippen LogP contribution in [0.3, 0.4) is 0 Å². The lowest BCUT2D eigenvalue weighted by Gasteiger charge is -2.22. The van der Waals surface area contributed by atoms with Crippen LogP contribution < -0.4 is 0 Å². The predicted octanol–water partition coefficient (Wildman–Crippen LogP) is 4.35. The molecule has 0 radical (unpaired) electrons. The maximum atomic E-state index is 12.7. The third-order valence-electron chi connectivity index (χ3n) is 4.81. The van der Waals surface area contributed by atoms with E-state index in [9.17, 15) is 9.59 Å². The molecule has 136 valence electrons. The average molecular weight is 415 g/mol. The fraction of sp³-hybridized carbons (Fsp3) is 0.381. The first-order chi connectivity index (χ1) is 12.5. The van der Waals surface area contributed by atoms with Crippen LogP contribution in [0.4, 0.5) is 0 Å². The minimum Gasteiger partial charge on any atom is -0.341 e. The van der Waals surface area contributed by atoms with Crippen LogP contribution in [0.25, 0.3) is 0 Å². The normalized spacial score (nSPS) is 14.7. The number of carbonyl (C=O) groups excluding carboxylic acids is 2. The van der Waals surface area contributed by atoms with Crippen molar-refractivity contribution in [3.63, 3.8) is 0 Å². The Bertz CT molecular complexity index is 757. The number of carbonyl (C=O) groups is 2. The maximum absolute atomic E-state index is 12.7. The molecule has 1 aliphatic carbocycles. The van der Waals surface area contributed by atoms with E-state index in [1.807, 2.05) is 36.4 Å². The summed E-state index contributed by atoms with van der Waals surface area (Å²) in [5.74, 6) is 0.488. The number of pyridine rings is 1. The highest BCUT2D eigenvalue weighted by atomic mass is 79.9. The van der Waals surface area contributed by atoms with Gasteiger partial charge in [0, 0.05) is 49.2 Å². The van der Waals surface area contributed by atoms with Crippen LogP contribution in [0.1, 0.15) is 42.7 Å². The van der Waals surface area contributed by atoms with Gasteiger partial charge in [-0.15, -0.1) is 0 Å². The van der Waals surface area contributed by atoms with Gasteiger partial charge in [0.05, 0.1) is 0 Å². The van der Waals surface area contributed by atoms with Gasteiger partial charge in [-0.25, -0.2) is 0 Å². The molecule has 1 amide bonds. The maximum Gasteiger partial charge on any atom is 0.223 e. The monoisotopic (exact) mass is 414 g/mol. The van der Waals surface area contributed by atoms with Crippen molar-refractivity contribution in [1.82, 2.24) is 9.88 Å². The Kier molecular flexibility index (Phi) is 6.20. The lowest BCUT2D eigenvalue weighted by Crippen LogP contribution is -2.28. The van der Waals surface area contributed by atoms with Crippen molar-refractivity contribution >= 4 is 27.6 Å². The second-order valence-corrected chi connectivity index (χ2v) is 7.92. The zero-order valence-electron chi connectivity index (χ0n) is 14.9. The summed E-state index contributed by atoms with van der Waals surface area (Å²) in [6.07, 6.45) is 6.28. The number of hydrogen-bond acceptors (Lipinski definition) is 3. The molecule has 1 fully saturated rings. The standard InChI is InChI=1S/C21H23BrN2O2/c1-24(14-15-3-2-10-23-13-15)21(26)12-18(11-20(25)17-4-5-17)16-6-8-19(22)9-7-16/h2-3,6-10,13,17-18H,4-5,11-12,14H2,1H3. The molecule has 4 nitrogen and oxygen atoms in total. The summed E-state index contributed by atoms with van der Waals surface area (Å²) in [6.45, 7) is 0.524. The molecule has 1 heterocycles. The number of aromatic nitrogens is 1. The lowest BCUT2D eigenvalue weighted by atomic mass is 9.89. The van der Waals surface area contributed by atoms with Crippen molar-refractivity contribution in [2.24, 2.45) is 5.92 Å². The molecular weight excluding hydrogens is 392 g/mol. The highest BCUT2D eigenvalue weighted by Gasteiger charge is 2.32. The van der Waals surface area contributed by atoms with Crippen molar-refractivity contribution in [2.75, 3.05) is 7.05 Å². The molecule has 0 N–H and O–H groups in total. The number of rotatable bonds is 8. The van der Waals surface area contributed by atoms with E-state index in [4.69, 9.17) is 0 Å². The first-order valence-electron chi connectivity index (χ1n) is 8.94. The van der Waals surface area contributed by atoms with Crippen molar-refractivity contribution in [2.45, 2.75) is 38.1 Å². The van der Waals surface area contributed by atoms with Crippen molar-refractivity contribution in [3.05, 3.63) is 64.4 Å². The van der Waals surface area contributed by atoms with Crippen molar-refractivity contribution < 1.29 is 9.59 Å². The molecule has 1 saturated carbocycles. The fourth-order valence-corrected chi connectivity index (χ4v) is 3.34. The molecule has 2 aromatic rings. The summed E-state index contributed by atoms with van der Waals surface area (Å²) in [6, 6.07) is 11.8. The smallest absolute Gasteiger partial charge is 0.223 e.